The van der Waals surface area contributed by atoms with E-state index in [4.69, 9.17) is 22.3 Å². The number of likely N-dealkylation sites (tertiary alicyclic amines) is 1. The van der Waals surface area contributed by atoms with Gasteiger partial charge in [0.05, 0.1) is 18.9 Å². The van der Waals surface area contributed by atoms with Crippen molar-refractivity contribution in [2.75, 3.05) is 13.1 Å². The summed E-state index contributed by atoms with van der Waals surface area (Å²) in [4.78, 5) is 178. The van der Waals surface area contributed by atoms with E-state index in [1.165, 1.54) is 36.1 Å². The molecule has 31 heteroatoms. The maximum atomic E-state index is 14.5. The quantitative estimate of drug-likeness (QED) is 0.0184. The number of carbonyl (C=O) groups is 13. The zero-order chi connectivity index (χ0) is 65.2. The summed E-state index contributed by atoms with van der Waals surface area (Å²) in [6.45, 7) is 7.82. The number of hydrogen-bond donors (Lipinski definition) is 16. The molecule has 2 aromatic rings. The summed E-state index contributed by atoms with van der Waals surface area (Å²) in [5.74, 6) is -15.9. The predicted molar refractivity (Wildman–Crippen MR) is 309 cm³/mol. The molecule has 87 heavy (non-hydrogen) atoms. The number of carbonyl (C=O) groups excluding carboxylic acids is 9. The third kappa shape index (κ3) is 25.0. The number of aliphatic imine (C=N–C) groups is 1. The standard InChI is InChI=1S/C56H81N13O18/c1-28(2)23-39(54(85)69-22-10-14-41(69)52(83)68-45(29(3)4)53(84)67-40(55(86)87)25-32-15-17-33(70)18-16-32)66-51(82)38(27-44(75)76)65-49(80)36(19-20-42(71)72)63-50(81)37(24-31-11-7-6-8-12-31)64-48(79)35(13-9-21-60-56(58)59)62-46(77)30(5)61-47(78)34(57)26-43(73)74/h6-8,11-12,15-18,28-30,34-41,45,70H,9-10,13-14,19-27,57H2,1-5H3,(H,61,78)(H,62,77)(H,63,81)(H,64,79)(H,65,80)(H,66,82)(H,67,84)(H,68,83)(H,71,72)(H,73,74)(H,75,76)(H,86,87)(H4,58,59,60)/t30-,34-,35-,36-,37-,38-,39-,40-,41-,45-/m0/s1. The highest BCUT2D eigenvalue weighted by Crippen LogP contribution is 2.22. The van der Waals surface area contributed by atoms with Crippen LogP contribution in [-0.4, -0.2) is 187 Å². The highest BCUT2D eigenvalue weighted by Gasteiger charge is 2.41. The van der Waals surface area contributed by atoms with Crippen molar-refractivity contribution in [2.45, 2.75) is 166 Å². The van der Waals surface area contributed by atoms with Gasteiger partial charge in [0.2, 0.25) is 53.2 Å². The average molecular weight is 1220 g/mol. The van der Waals surface area contributed by atoms with Crippen LogP contribution in [0.3, 0.4) is 0 Å². The molecule has 2 aromatic carbocycles. The minimum Gasteiger partial charge on any atom is -0.508 e. The van der Waals surface area contributed by atoms with Crippen molar-refractivity contribution in [3.05, 3.63) is 65.7 Å². The molecule has 10 atom stereocenters. The van der Waals surface area contributed by atoms with Gasteiger partial charge < -0.3 is 90.2 Å². The predicted octanol–water partition coefficient (Wildman–Crippen LogP) is -2.95. The Bertz CT molecular complexity index is 2800. The van der Waals surface area contributed by atoms with Crippen LogP contribution in [0.1, 0.15) is 104 Å². The maximum absolute atomic E-state index is 14.5. The molecule has 1 aliphatic heterocycles. The van der Waals surface area contributed by atoms with E-state index in [0.29, 0.717) is 17.5 Å². The van der Waals surface area contributed by atoms with Crippen LogP contribution in [0.4, 0.5) is 0 Å². The highest BCUT2D eigenvalue weighted by atomic mass is 16.4. The number of nitrogens with one attached hydrogen (secondary N) is 8. The molecule has 478 valence electrons. The highest BCUT2D eigenvalue weighted by molar-refractivity contribution is 5.99. The third-order valence-corrected chi connectivity index (χ3v) is 13.7. The summed E-state index contributed by atoms with van der Waals surface area (Å²) in [7, 11) is 0. The fourth-order valence-electron chi connectivity index (χ4n) is 9.11. The number of aliphatic carboxylic acids is 4. The molecule has 19 N–H and O–H groups in total. The van der Waals surface area contributed by atoms with Crippen molar-refractivity contribution in [1.29, 1.82) is 0 Å². The molecular weight excluding hydrogens is 1140 g/mol. The lowest BCUT2D eigenvalue weighted by Crippen LogP contribution is -2.61. The maximum Gasteiger partial charge on any atom is 0.326 e. The van der Waals surface area contributed by atoms with Crippen LogP contribution in [0.15, 0.2) is 59.6 Å². The van der Waals surface area contributed by atoms with Crippen molar-refractivity contribution >= 4 is 83.0 Å². The summed E-state index contributed by atoms with van der Waals surface area (Å²) in [6.07, 6.45) is -3.54. The van der Waals surface area contributed by atoms with Crippen LogP contribution >= 0.6 is 0 Å². The van der Waals surface area contributed by atoms with E-state index < -0.39 is 169 Å². The van der Waals surface area contributed by atoms with Crippen LogP contribution < -0.4 is 59.7 Å². The summed E-state index contributed by atoms with van der Waals surface area (Å²) < 4.78 is 0. The van der Waals surface area contributed by atoms with Crippen molar-refractivity contribution in [3.63, 3.8) is 0 Å². The lowest BCUT2D eigenvalue weighted by Gasteiger charge is -2.32. The molecule has 0 unspecified atom stereocenters. The Morgan fingerprint density at radius 1 is 0.575 bits per heavy atom. The number of carboxylic acids is 4. The average Bonchev–Trinajstić information content (AvgIpc) is 2.68. The van der Waals surface area contributed by atoms with Gasteiger partial charge in [-0.1, -0.05) is 70.2 Å². The molecule has 3 rings (SSSR count). The van der Waals surface area contributed by atoms with E-state index in [1.54, 1.807) is 58.0 Å². The first kappa shape index (κ1) is 71.8. The molecule has 31 nitrogen and oxygen atoms in total. The first-order valence-corrected chi connectivity index (χ1v) is 28.1. The summed E-state index contributed by atoms with van der Waals surface area (Å²) in [6, 6.07) is -1.47. The van der Waals surface area contributed by atoms with Crippen molar-refractivity contribution in [2.24, 2.45) is 34.0 Å². The van der Waals surface area contributed by atoms with Crippen LogP contribution in [0, 0.1) is 11.8 Å². The van der Waals surface area contributed by atoms with Gasteiger partial charge >= 0.3 is 23.9 Å². The number of benzene rings is 2. The number of nitrogens with two attached hydrogens (primary N) is 3. The SMILES string of the molecule is CC(C)C[C@H](NC(=O)[C@H](CC(=O)O)NC(=O)[C@H](CCC(=O)O)NC(=O)[C@H](Cc1ccccc1)NC(=O)[C@H](CCCN=C(N)N)NC(=O)[C@H](C)NC(=O)[C@@H](N)CC(=O)O)C(=O)N1CCC[C@H]1C(=O)N[C@H](C(=O)N[C@@H](Cc1ccc(O)cc1)C(=O)O)C(C)C. The Labute approximate surface area is 501 Å². The Morgan fingerprint density at radius 2 is 1.09 bits per heavy atom. The van der Waals surface area contributed by atoms with Crippen molar-refractivity contribution < 1.29 is 87.9 Å². The van der Waals surface area contributed by atoms with E-state index >= 15 is 0 Å². The zero-order valence-electron chi connectivity index (χ0n) is 49.0. The molecule has 1 heterocycles. The molecule has 0 spiro atoms. The topological polar surface area (TPSA) is 513 Å². The second kappa shape index (κ2) is 35.1. The monoisotopic (exact) mass is 1220 g/mol. The normalized spacial score (nSPS) is 15.9. The van der Waals surface area contributed by atoms with Gasteiger partial charge in [0.25, 0.3) is 0 Å². The minimum atomic E-state index is -1.99. The first-order valence-electron chi connectivity index (χ1n) is 28.1. The van der Waals surface area contributed by atoms with E-state index in [9.17, 15) is 82.8 Å². The summed E-state index contributed by atoms with van der Waals surface area (Å²) in [5.41, 5.74) is 17.5. The van der Waals surface area contributed by atoms with Gasteiger partial charge in [-0.3, -0.25) is 62.5 Å². The fraction of sp³-hybridized carbons (Fsp3) is 0.536. The summed E-state index contributed by atoms with van der Waals surface area (Å²) in [5, 5.41) is 67.8. The van der Waals surface area contributed by atoms with Crippen LogP contribution in [0.5, 0.6) is 5.75 Å². The van der Waals surface area contributed by atoms with Gasteiger partial charge in [-0.05, 0) is 80.5 Å². The number of hydrogen-bond acceptors (Lipinski definition) is 16. The molecule has 0 bridgehead atoms. The lowest BCUT2D eigenvalue weighted by molar-refractivity contribution is -0.145. The second-order valence-electron chi connectivity index (χ2n) is 21.7. The van der Waals surface area contributed by atoms with Gasteiger partial charge in [-0.15, -0.1) is 0 Å². The molecule has 1 fully saturated rings. The summed E-state index contributed by atoms with van der Waals surface area (Å²) >= 11 is 0. The molecule has 0 aromatic heterocycles. The Kier molecular flexibility index (Phi) is 29.0. The third-order valence-electron chi connectivity index (χ3n) is 13.7. The van der Waals surface area contributed by atoms with Crippen molar-refractivity contribution in [3.8, 4) is 5.75 Å². The molecule has 9 amide bonds. The number of carboxylic acid groups (broad SMARTS) is 4. The van der Waals surface area contributed by atoms with E-state index in [1.807, 2.05) is 0 Å². The van der Waals surface area contributed by atoms with Crippen LogP contribution in [0.2, 0.25) is 0 Å². The van der Waals surface area contributed by atoms with E-state index in [-0.39, 0.29) is 69.2 Å². The van der Waals surface area contributed by atoms with Crippen molar-refractivity contribution in [1.82, 2.24) is 47.4 Å². The largest absolute Gasteiger partial charge is 0.508 e. The molecule has 0 aliphatic carbocycles. The molecule has 1 saturated heterocycles. The molecular formula is C56H81N13O18. The number of rotatable bonds is 36. The number of phenolic OH excluding ortho intramolecular Hbond substituents is 1. The van der Waals surface area contributed by atoms with Gasteiger partial charge in [-0.2, -0.15) is 0 Å². The first-order chi connectivity index (χ1) is 40.9. The van der Waals surface area contributed by atoms with Gasteiger partial charge in [0, 0.05) is 32.4 Å². The molecule has 0 saturated carbocycles. The Morgan fingerprint density at radius 3 is 1.66 bits per heavy atom. The number of nitrogens with zero attached hydrogens (tertiary/aromatic N) is 2. The number of amides is 9. The Hall–Kier alpha value is -9.42. The van der Waals surface area contributed by atoms with E-state index in [0.717, 1.165) is 0 Å². The zero-order valence-corrected chi connectivity index (χ0v) is 49.0. The van der Waals surface area contributed by atoms with Gasteiger partial charge in [-0.25, -0.2) is 4.79 Å². The lowest BCUT2D eigenvalue weighted by atomic mass is 10.00. The smallest absolute Gasteiger partial charge is 0.326 e. The fourth-order valence-corrected chi connectivity index (χ4v) is 9.11. The van der Waals surface area contributed by atoms with Gasteiger partial charge in [0.15, 0.2) is 5.96 Å². The van der Waals surface area contributed by atoms with Crippen LogP contribution in [0.25, 0.3) is 0 Å². The molecule has 0 radical (unpaired) electrons. The minimum absolute atomic E-state index is 0.000341. The second-order valence-corrected chi connectivity index (χ2v) is 21.7. The van der Waals surface area contributed by atoms with E-state index in [2.05, 4.69) is 47.5 Å². The van der Waals surface area contributed by atoms with Gasteiger partial charge in [0.1, 0.15) is 60.1 Å². The Balaban J connectivity index is 1.90. The van der Waals surface area contributed by atoms with Crippen LogP contribution in [-0.2, 0) is 75.2 Å². The number of guanidine groups is 1. The number of phenols is 1. The molecule has 1 aliphatic rings. The number of aromatic hydroxyl groups is 1.